The Morgan fingerprint density at radius 1 is 1.03 bits per heavy atom. The molecule has 0 aromatic heterocycles. The van der Waals surface area contributed by atoms with Crippen LogP contribution in [0.5, 0.6) is 17.2 Å². The Bertz CT molecular complexity index is 1250. The summed E-state index contributed by atoms with van der Waals surface area (Å²) >= 11 is 0. The maximum atomic E-state index is 13.2. The quantitative estimate of drug-likeness (QED) is 0.430. The number of phenolic OH excluding ortho intramolecular Hbond substituents is 1. The van der Waals surface area contributed by atoms with E-state index in [1.807, 2.05) is 6.07 Å². The van der Waals surface area contributed by atoms with E-state index >= 15 is 0 Å². The minimum atomic E-state index is -0.945. The molecule has 9 heteroatoms. The molecule has 0 bridgehead atoms. The average molecular weight is 476 g/mol. The first-order valence-electron chi connectivity index (χ1n) is 11.1. The number of nitrogens with one attached hydrogen (secondary N) is 2. The second-order valence-corrected chi connectivity index (χ2v) is 7.83. The maximum absolute atomic E-state index is 13.2. The third-order valence-electron chi connectivity index (χ3n) is 5.38. The van der Waals surface area contributed by atoms with Gasteiger partial charge in [0.15, 0.2) is 0 Å². The van der Waals surface area contributed by atoms with Gasteiger partial charge in [-0.05, 0) is 37.3 Å². The first-order valence-corrected chi connectivity index (χ1v) is 11.1. The largest absolute Gasteiger partial charge is 0.508 e. The third kappa shape index (κ3) is 5.03. The van der Waals surface area contributed by atoms with Gasteiger partial charge < -0.3 is 19.9 Å². The van der Waals surface area contributed by atoms with Crippen LogP contribution < -0.4 is 20.2 Å². The predicted octanol–water partition coefficient (Wildman–Crippen LogP) is 3.43. The Morgan fingerprint density at radius 3 is 2.43 bits per heavy atom. The van der Waals surface area contributed by atoms with E-state index in [-0.39, 0.29) is 23.0 Å². The Hall–Kier alpha value is -4.53. The van der Waals surface area contributed by atoms with Gasteiger partial charge in [0.2, 0.25) is 12.0 Å². The van der Waals surface area contributed by atoms with E-state index in [0.29, 0.717) is 23.6 Å². The standard InChI is InChI=1S/C26H25N3O6/c1-3-34-22-15-17(27-16(2)30)13-14-20(22)25(32)28-29-23(19-11-7-8-12-21(19)31)24(26(29)33)35-18-9-5-4-6-10-18/h4-15,23-24,31H,3H2,1-2H3,(H,27,30)(H,28,32)/t23-,24+/m0/s1. The zero-order valence-corrected chi connectivity index (χ0v) is 19.2. The number of benzene rings is 3. The molecule has 4 rings (SSSR count). The molecule has 0 aliphatic carbocycles. The van der Waals surface area contributed by atoms with Crippen molar-refractivity contribution in [3.05, 3.63) is 83.9 Å². The molecule has 180 valence electrons. The highest BCUT2D eigenvalue weighted by atomic mass is 16.5. The van der Waals surface area contributed by atoms with Gasteiger partial charge >= 0.3 is 0 Å². The van der Waals surface area contributed by atoms with E-state index in [1.54, 1.807) is 61.5 Å². The molecule has 35 heavy (non-hydrogen) atoms. The molecular weight excluding hydrogens is 450 g/mol. The number of rotatable bonds is 8. The summed E-state index contributed by atoms with van der Waals surface area (Å²) in [5.74, 6) is -0.603. The molecule has 3 aromatic rings. The molecule has 3 aromatic carbocycles. The van der Waals surface area contributed by atoms with E-state index in [1.165, 1.54) is 19.1 Å². The molecule has 0 unspecified atom stereocenters. The molecule has 1 aliphatic heterocycles. The number of ether oxygens (including phenoxy) is 2. The van der Waals surface area contributed by atoms with Crippen LogP contribution in [0.1, 0.15) is 35.8 Å². The number of hydrazine groups is 1. The van der Waals surface area contributed by atoms with Crippen LogP contribution in [-0.2, 0) is 9.59 Å². The number of phenols is 1. The summed E-state index contributed by atoms with van der Waals surface area (Å²) in [5, 5.41) is 14.2. The number of nitrogens with zero attached hydrogens (tertiary/aromatic N) is 1. The monoisotopic (exact) mass is 475 g/mol. The molecule has 3 amide bonds. The SMILES string of the molecule is CCOc1cc(NC(C)=O)ccc1C(=O)NN1C(=O)[C@H](Oc2ccccc2)[C@@H]1c1ccccc1O. The van der Waals surface area contributed by atoms with Gasteiger partial charge in [-0.1, -0.05) is 36.4 Å². The van der Waals surface area contributed by atoms with Crippen molar-refractivity contribution in [1.82, 2.24) is 10.4 Å². The lowest BCUT2D eigenvalue weighted by Crippen LogP contribution is -2.67. The van der Waals surface area contributed by atoms with Crippen LogP contribution in [0.4, 0.5) is 5.69 Å². The minimum absolute atomic E-state index is 0.0272. The summed E-state index contributed by atoms with van der Waals surface area (Å²) in [6.07, 6.45) is -0.945. The van der Waals surface area contributed by atoms with Crippen molar-refractivity contribution in [2.24, 2.45) is 0 Å². The molecule has 1 heterocycles. The van der Waals surface area contributed by atoms with Crippen molar-refractivity contribution in [3.63, 3.8) is 0 Å². The van der Waals surface area contributed by atoms with Crippen LogP contribution in [0.2, 0.25) is 0 Å². The Kier molecular flexibility index (Phi) is 6.86. The molecule has 0 saturated carbocycles. The number of carbonyl (C=O) groups is 3. The first kappa shape index (κ1) is 23.6. The van der Waals surface area contributed by atoms with E-state index in [0.717, 1.165) is 5.01 Å². The number of anilines is 1. The number of aromatic hydroxyl groups is 1. The molecule has 2 atom stereocenters. The van der Waals surface area contributed by atoms with Crippen LogP contribution in [-0.4, -0.2) is 40.5 Å². The smallest absolute Gasteiger partial charge is 0.285 e. The fraction of sp³-hybridized carbons (Fsp3) is 0.192. The normalized spacial score (nSPS) is 16.7. The van der Waals surface area contributed by atoms with Gasteiger partial charge in [-0.25, -0.2) is 5.01 Å². The van der Waals surface area contributed by atoms with Gasteiger partial charge in [0.1, 0.15) is 23.3 Å². The summed E-state index contributed by atoms with van der Waals surface area (Å²) in [6.45, 7) is 3.44. The zero-order chi connectivity index (χ0) is 24.9. The molecule has 1 fully saturated rings. The van der Waals surface area contributed by atoms with Crippen molar-refractivity contribution in [2.45, 2.75) is 26.0 Å². The number of hydrogen-bond acceptors (Lipinski definition) is 6. The van der Waals surface area contributed by atoms with Gasteiger partial charge in [-0.2, -0.15) is 0 Å². The topological polar surface area (TPSA) is 117 Å². The van der Waals surface area contributed by atoms with Gasteiger partial charge in [0.05, 0.1) is 12.2 Å². The third-order valence-corrected chi connectivity index (χ3v) is 5.38. The van der Waals surface area contributed by atoms with Crippen LogP contribution >= 0.6 is 0 Å². The van der Waals surface area contributed by atoms with Gasteiger partial charge in [-0.15, -0.1) is 0 Å². The summed E-state index contributed by atoms with van der Waals surface area (Å²) in [5.41, 5.74) is 3.70. The second kappa shape index (κ2) is 10.2. The van der Waals surface area contributed by atoms with Gasteiger partial charge in [-0.3, -0.25) is 19.8 Å². The summed E-state index contributed by atoms with van der Waals surface area (Å²) in [4.78, 5) is 37.6. The fourth-order valence-corrected chi connectivity index (χ4v) is 3.82. The Labute approximate surface area is 202 Å². The van der Waals surface area contributed by atoms with Crippen molar-refractivity contribution in [1.29, 1.82) is 0 Å². The maximum Gasteiger partial charge on any atom is 0.285 e. The van der Waals surface area contributed by atoms with E-state index in [2.05, 4.69) is 10.7 Å². The van der Waals surface area contributed by atoms with Gasteiger partial charge in [0.25, 0.3) is 11.8 Å². The zero-order valence-electron chi connectivity index (χ0n) is 19.2. The summed E-state index contributed by atoms with van der Waals surface area (Å²) < 4.78 is 11.5. The van der Waals surface area contributed by atoms with E-state index in [4.69, 9.17) is 9.47 Å². The van der Waals surface area contributed by atoms with E-state index in [9.17, 15) is 19.5 Å². The Balaban J connectivity index is 1.61. The lowest BCUT2D eigenvalue weighted by molar-refractivity contribution is -0.169. The first-order chi connectivity index (χ1) is 16.9. The average Bonchev–Trinajstić information content (AvgIpc) is 2.84. The lowest BCUT2D eigenvalue weighted by Gasteiger charge is -2.46. The van der Waals surface area contributed by atoms with Crippen LogP contribution in [0.3, 0.4) is 0 Å². The van der Waals surface area contributed by atoms with Crippen LogP contribution in [0.25, 0.3) is 0 Å². The van der Waals surface area contributed by atoms with Crippen LogP contribution in [0.15, 0.2) is 72.8 Å². The Morgan fingerprint density at radius 2 is 1.74 bits per heavy atom. The minimum Gasteiger partial charge on any atom is -0.508 e. The second-order valence-electron chi connectivity index (χ2n) is 7.83. The number of carbonyl (C=O) groups excluding carboxylic acids is 3. The summed E-state index contributed by atoms with van der Waals surface area (Å²) in [7, 11) is 0. The highest BCUT2D eigenvalue weighted by molar-refractivity contribution is 6.00. The van der Waals surface area contributed by atoms with Crippen molar-refractivity contribution in [2.75, 3.05) is 11.9 Å². The van der Waals surface area contributed by atoms with Crippen molar-refractivity contribution in [3.8, 4) is 17.2 Å². The highest BCUT2D eigenvalue weighted by Gasteiger charge is 2.52. The molecule has 1 saturated heterocycles. The number of para-hydroxylation sites is 2. The molecule has 1 aliphatic rings. The number of amides is 3. The van der Waals surface area contributed by atoms with Crippen molar-refractivity contribution < 1.29 is 29.0 Å². The molecule has 9 nitrogen and oxygen atoms in total. The van der Waals surface area contributed by atoms with E-state index < -0.39 is 24.0 Å². The van der Waals surface area contributed by atoms with Gasteiger partial charge in [0, 0.05) is 24.2 Å². The number of hydrogen-bond donors (Lipinski definition) is 3. The lowest BCUT2D eigenvalue weighted by atomic mass is 9.91. The van der Waals surface area contributed by atoms with Crippen molar-refractivity contribution >= 4 is 23.4 Å². The molecule has 0 radical (unpaired) electrons. The molecule has 3 N–H and O–H groups in total. The summed E-state index contributed by atoms with van der Waals surface area (Å²) in [6, 6.07) is 19.3. The molecule has 0 spiro atoms. The van der Waals surface area contributed by atoms with Crippen LogP contribution in [0, 0.1) is 0 Å². The predicted molar refractivity (Wildman–Crippen MR) is 128 cm³/mol. The fourth-order valence-electron chi connectivity index (χ4n) is 3.82. The highest BCUT2D eigenvalue weighted by Crippen LogP contribution is 2.40. The molecular formula is C26H25N3O6. The number of β-lactam (4-membered cyclic amide) rings is 1.